The molecule has 142 valence electrons. The zero-order valence-corrected chi connectivity index (χ0v) is 16.6. The van der Waals surface area contributed by atoms with E-state index in [0.717, 1.165) is 12.3 Å². The molecule has 1 aromatic rings. The Bertz CT molecular complexity index is 656. The van der Waals surface area contributed by atoms with Gasteiger partial charge in [-0.25, -0.2) is 0 Å². The fourth-order valence-corrected chi connectivity index (χ4v) is 5.40. The van der Waals surface area contributed by atoms with Gasteiger partial charge < -0.3 is 9.64 Å². The van der Waals surface area contributed by atoms with E-state index >= 15 is 0 Å². The van der Waals surface area contributed by atoms with E-state index in [2.05, 4.69) is 54.8 Å². The standard InChI is InChI=1S/C22H32N2O2/c1-22(2,3)13-19(25)24-14-18(15-5-7-17(26-4)8-6-15)21-20(24)16-9-11-23(21)12-10-16/h5-8,16,18,20-21H,9-14H2,1-4H3/t18-,20+,21+/m1/s1. The maximum Gasteiger partial charge on any atom is 0.223 e. The third-order valence-corrected chi connectivity index (χ3v) is 6.54. The number of likely N-dealkylation sites (tertiary alicyclic amines) is 1. The first-order valence-electron chi connectivity index (χ1n) is 10.0. The zero-order valence-electron chi connectivity index (χ0n) is 16.6. The molecule has 26 heavy (non-hydrogen) atoms. The lowest BCUT2D eigenvalue weighted by Crippen LogP contribution is -2.60. The molecule has 0 aliphatic carbocycles. The molecule has 1 aromatic carbocycles. The first-order valence-corrected chi connectivity index (χ1v) is 10.0. The average molecular weight is 357 g/mol. The van der Waals surface area contributed by atoms with Crippen molar-refractivity contribution < 1.29 is 9.53 Å². The van der Waals surface area contributed by atoms with Crippen LogP contribution >= 0.6 is 0 Å². The molecular formula is C22H32N2O2. The van der Waals surface area contributed by atoms with Gasteiger partial charge in [0, 0.05) is 24.9 Å². The van der Waals surface area contributed by atoms with Gasteiger partial charge in [-0.2, -0.15) is 0 Å². The second kappa shape index (κ2) is 6.56. The quantitative estimate of drug-likeness (QED) is 0.831. The smallest absolute Gasteiger partial charge is 0.223 e. The SMILES string of the molecule is COc1ccc([C@H]2CN(C(=O)CC(C)(C)C)[C@H]3C4CCN(CC4)[C@@H]23)cc1. The molecular weight excluding hydrogens is 324 g/mol. The van der Waals surface area contributed by atoms with Crippen LogP contribution in [0.3, 0.4) is 0 Å². The molecule has 4 aliphatic heterocycles. The molecule has 2 bridgehead atoms. The van der Waals surface area contributed by atoms with Crippen LogP contribution in [0, 0.1) is 11.3 Å². The van der Waals surface area contributed by atoms with E-state index in [9.17, 15) is 4.79 Å². The Morgan fingerprint density at radius 2 is 1.77 bits per heavy atom. The number of piperidine rings is 3. The van der Waals surface area contributed by atoms with E-state index in [4.69, 9.17) is 4.74 Å². The summed E-state index contributed by atoms with van der Waals surface area (Å²) >= 11 is 0. The minimum absolute atomic E-state index is 0.0404. The van der Waals surface area contributed by atoms with Crippen molar-refractivity contribution in [3.8, 4) is 5.75 Å². The van der Waals surface area contributed by atoms with Crippen molar-refractivity contribution in [3.63, 3.8) is 0 Å². The first-order chi connectivity index (χ1) is 12.4. The molecule has 0 unspecified atom stereocenters. The third-order valence-electron chi connectivity index (χ3n) is 6.54. The Balaban J connectivity index is 1.64. The Hall–Kier alpha value is -1.55. The summed E-state index contributed by atoms with van der Waals surface area (Å²) in [4.78, 5) is 18.1. The molecule has 1 amide bonds. The van der Waals surface area contributed by atoms with Crippen LogP contribution in [0.15, 0.2) is 24.3 Å². The number of fused-ring (bicyclic) bond motifs is 2. The maximum atomic E-state index is 13.2. The van der Waals surface area contributed by atoms with Crippen molar-refractivity contribution in [2.24, 2.45) is 11.3 Å². The third kappa shape index (κ3) is 3.13. The van der Waals surface area contributed by atoms with Gasteiger partial charge in [0.05, 0.1) is 13.2 Å². The highest BCUT2D eigenvalue weighted by Crippen LogP contribution is 2.47. The summed E-state index contributed by atoms with van der Waals surface area (Å²) in [7, 11) is 1.71. The molecule has 4 heterocycles. The Labute approximate surface area is 157 Å². The summed E-state index contributed by atoms with van der Waals surface area (Å²) in [5, 5.41) is 0. The summed E-state index contributed by atoms with van der Waals surface area (Å²) in [5.74, 6) is 2.33. The van der Waals surface area contributed by atoms with Crippen molar-refractivity contribution in [1.82, 2.24) is 9.80 Å². The van der Waals surface area contributed by atoms with E-state index in [1.54, 1.807) is 7.11 Å². The fraction of sp³-hybridized carbons (Fsp3) is 0.682. The average Bonchev–Trinajstić information content (AvgIpc) is 3.04. The molecule has 0 N–H and O–H groups in total. The van der Waals surface area contributed by atoms with E-state index in [-0.39, 0.29) is 5.41 Å². The van der Waals surface area contributed by atoms with Crippen LogP contribution in [-0.2, 0) is 4.79 Å². The molecule has 4 fully saturated rings. The predicted octanol–water partition coefficient (Wildman–Crippen LogP) is 3.52. The molecule has 3 atom stereocenters. The van der Waals surface area contributed by atoms with E-state index in [1.165, 1.54) is 31.5 Å². The fourth-order valence-electron chi connectivity index (χ4n) is 5.40. The summed E-state index contributed by atoms with van der Waals surface area (Å²) < 4.78 is 5.33. The maximum absolute atomic E-state index is 13.2. The zero-order chi connectivity index (χ0) is 18.5. The molecule has 0 radical (unpaired) electrons. The second-order valence-corrected chi connectivity index (χ2v) is 9.52. The van der Waals surface area contributed by atoms with E-state index in [0.29, 0.717) is 36.2 Å². The lowest BCUT2D eigenvalue weighted by atomic mass is 9.75. The molecule has 0 saturated carbocycles. The number of nitrogens with zero attached hydrogens (tertiary/aromatic N) is 2. The van der Waals surface area contributed by atoms with Crippen LogP contribution < -0.4 is 4.74 Å². The van der Waals surface area contributed by atoms with Crippen molar-refractivity contribution in [1.29, 1.82) is 0 Å². The number of carbonyl (C=O) groups is 1. The molecule has 4 aliphatic rings. The number of methoxy groups -OCH3 is 1. The Kier molecular flexibility index (Phi) is 4.50. The van der Waals surface area contributed by atoms with Gasteiger partial charge in [0.15, 0.2) is 0 Å². The normalized spacial score (nSPS) is 33.2. The lowest BCUT2D eigenvalue weighted by Gasteiger charge is -2.51. The number of hydrogen-bond acceptors (Lipinski definition) is 3. The molecule has 4 nitrogen and oxygen atoms in total. The highest BCUT2D eigenvalue weighted by molar-refractivity contribution is 5.78. The summed E-state index contributed by atoms with van der Waals surface area (Å²) in [6.07, 6.45) is 3.13. The Morgan fingerprint density at radius 1 is 1.12 bits per heavy atom. The minimum atomic E-state index is 0.0404. The predicted molar refractivity (Wildman–Crippen MR) is 103 cm³/mol. The Morgan fingerprint density at radius 3 is 2.35 bits per heavy atom. The van der Waals surface area contributed by atoms with E-state index in [1.807, 2.05) is 0 Å². The number of rotatable bonds is 3. The van der Waals surface area contributed by atoms with Gasteiger partial charge in [-0.3, -0.25) is 9.69 Å². The van der Waals surface area contributed by atoms with Crippen molar-refractivity contribution in [2.45, 2.75) is 58.0 Å². The molecule has 0 aromatic heterocycles. The van der Waals surface area contributed by atoms with Crippen LogP contribution in [0.5, 0.6) is 5.75 Å². The molecule has 5 rings (SSSR count). The summed E-state index contributed by atoms with van der Waals surface area (Å²) in [5.41, 5.74) is 1.39. The highest BCUT2D eigenvalue weighted by atomic mass is 16.5. The van der Waals surface area contributed by atoms with Gasteiger partial charge >= 0.3 is 0 Å². The number of ether oxygens (including phenoxy) is 1. The van der Waals surface area contributed by atoms with Crippen LogP contribution in [0.2, 0.25) is 0 Å². The lowest BCUT2D eigenvalue weighted by molar-refractivity contribution is -0.137. The van der Waals surface area contributed by atoms with Crippen LogP contribution in [0.25, 0.3) is 0 Å². The van der Waals surface area contributed by atoms with Crippen molar-refractivity contribution in [3.05, 3.63) is 29.8 Å². The summed E-state index contributed by atoms with van der Waals surface area (Å²) in [6, 6.07) is 9.39. The van der Waals surface area contributed by atoms with Gasteiger partial charge in [-0.05, 0) is 55.0 Å². The van der Waals surface area contributed by atoms with Crippen molar-refractivity contribution >= 4 is 5.91 Å². The van der Waals surface area contributed by atoms with Gasteiger partial charge in [-0.15, -0.1) is 0 Å². The first kappa shape index (κ1) is 17.8. The molecule has 4 heteroatoms. The van der Waals surface area contributed by atoms with Crippen LogP contribution in [0.4, 0.5) is 0 Å². The van der Waals surface area contributed by atoms with Crippen LogP contribution in [0.1, 0.15) is 51.5 Å². The minimum Gasteiger partial charge on any atom is -0.497 e. The molecule has 0 spiro atoms. The second-order valence-electron chi connectivity index (χ2n) is 9.52. The van der Waals surface area contributed by atoms with E-state index < -0.39 is 0 Å². The van der Waals surface area contributed by atoms with Crippen LogP contribution in [-0.4, -0.2) is 54.5 Å². The van der Waals surface area contributed by atoms with Gasteiger partial charge in [-0.1, -0.05) is 32.9 Å². The topological polar surface area (TPSA) is 32.8 Å². The number of carbonyl (C=O) groups excluding carboxylic acids is 1. The van der Waals surface area contributed by atoms with Gasteiger partial charge in [0.2, 0.25) is 5.91 Å². The number of benzene rings is 1. The monoisotopic (exact) mass is 356 g/mol. The largest absolute Gasteiger partial charge is 0.497 e. The highest BCUT2D eigenvalue weighted by Gasteiger charge is 2.54. The molecule has 4 saturated heterocycles. The van der Waals surface area contributed by atoms with Gasteiger partial charge in [0.1, 0.15) is 5.75 Å². The van der Waals surface area contributed by atoms with Crippen molar-refractivity contribution in [2.75, 3.05) is 26.7 Å². The number of amides is 1. The summed E-state index contributed by atoms with van der Waals surface area (Å²) in [6.45, 7) is 9.74. The van der Waals surface area contributed by atoms with Gasteiger partial charge in [0.25, 0.3) is 0 Å². The number of hydrogen-bond donors (Lipinski definition) is 0.